The molecule has 4 heteroatoms. The molecule has 0 amide bonds. The number of rotatable bonds is 3. The van der Waals surface area contributed by atoms with Gasteiger partial charge in [0.2, 0.25) is 0 Å². The maximum atomic E-state index is 5.67. The zero-order valence-electron chi connectivity index (χ0n) is 12.7. The van der Waals surface area contributed by atoms with Gasteiger partial charge in [-0.1, -0.05) is 25.1 Å². The first-order chi connectivity index (χ1) is 10.3. The van der Waals surface area contributed by atoms with E-state index in [-0.39, 0.29) is 0 Å². The molecule has 1 aromatic carbocycles. The Morgan fingerprint density at radius 2 is 2.14 bits per heavy atom. The Bertz CT molecular complexity index is 611. The second-order valence-corrected chi connectivity index (χ2v) is 6.15. The van der Waals surface area contributed by atoms with Gasteiger partial charge in [0.25, 0.3) is 0 Å². The average molecular weight is 284 g/mol. The number of likely N-dealkylation sites (tertiary alicyclic amines) is 1. The van der Waals surface area contributed by atoms with Gasteiger partial charge in [-0.2, -0.15) is 0 Å². The molecule has 1 aliphatic rings. The number of hydrogen-bond donors (Lipinski definition) is 2. The highest BCUT2D eigenvalue weighted by molar-refractivity contribution is 5.81. The predicted molar refractivity (Wildman–Crippen MR) is 87.8 cm³/mol. The zero-order valence-corrected chi connectivity index (χ0v) is 12.7. The predicted octanol–water partition coefficient (Wildman–Crippen LogP) is 3.14. The summed E-state index contributed by atoms with van der Waals surface area (Å²) in [7, 11) is 0. The second-order valence-electron chi connectivity index (χ2n) is 6.15. The Kier molecular flexibility index (Phi) is 4.36. The van der Waals surface area contributed by atoms with Crippen LogP contribution in [0.25, 0.3) is 10.9 Å². The van der Waals surface area contributed by atoms with E-state index in [1.165, 1.54) is 36.8 Å². The number of hydrazine groups is 1. The van der Waals surface area contributed by atoms with Crippen molar-refractivity contribution in [1.29, 1.82) is 0 Å². The van der Waals surface area contributed by atoms with E-state index in [0.29, 0.717) is 0 Å². The molecular weight excluding hydrogens is 260 g/mol. The van der Waals surface area contributed by atoms with Crippen molar-refractivity contribution in [1.82, 2.24) is 9.88 Å². The van der Waals surface area contributed by atoms with Crippen LogP contribution in [0, 0.1) is 5.92 Å². The number of nitrogens with two attached hydrogens (primary N) is 1. The van der Waals surface area contributed by atoms with Crippen LogP contribution >= 0.6 is 0 Å². The van der Waals surface area contributed by atoms with Crippen LogP contribution in [0.15, 0.2) is 30.3 Å². The highest BCUT2D eigenvalue weighted by atomic mass is 15.3. The minimum atomic E-state index is 0.797. The normalized spacial score (nSPS) is 20.4. The van der Waals surface area contributed by atoms with Crippen molar-refractivity contribution in [3.63, 3.8) is 0 Å². The van der Waals surface area contributed by atoms with Gasteiger partial charge in [-0.15, -0.1) is 0 Å². The first-order valence-corrected chi connectivity index (χ1v) is 7.84. The number of anilines is 1. The van der Waals surface area contributed by atoms with Crippen molar-refractivity contribution in [3.8, 4) is 0 Å². The van der Waals surface area contributed by atoms with Gasteiger partial charge in [0.1, 0.15) is 5.82 Å². The van der Waals surface area contributed by atoms with Crippen molar-refractivity contribution < 1.29 is 0 Å². The van der Waals surface area contributed by atoms with Gasteiger partial charge in [-0.05, 0) is 50.4 Å². The van der Waals surface area contributed by atoms with E-state index < -0.39 is 0 Å². The molecule has 0 saturated carbocycles. The lowest BCUT2D eigenvalue weighted by atomic mass is 10.0. The van der Waals surface area contributed by atoms with Gasteiger partial charge >= 0.3 is 0 Å². The Balaban J connectivity index is 1.85. The molecule has 3 N–H and O–H groups in total. The summed E-state index contributed by atoms with van der Waals surface area (Å²) in [6.45, 7) is 5.61. The van der Waals surface area contributed by atoms with Gasteiger partial charge < -0.3 is 5.43 Å². The van der Waals surface area contributed by atoms with Crippen molar-refractivity contribution in [3.05, 3.63) is 35.9 Å². The zero-order chi connectivity index (χ0) is 14.7. The number of aromatic nitrogens is 1. The molecule has 3 rings (SSSR count). The number of nitrogens with zero attached hydrogens (tertiary/aromatic N) is 2. The summed E-state index contributed by atoms with van der Waals surface area (Å²) in [5.41, 5.74) is 4.93. The van der Waals surface area contributed by atoms with Crippen LogP contribution in [0.5, 0.6) is 0 Å². The Morgan fingerprint density at radius 1 is 1.29 bits per heavy atom. The topological polar surface area (TPSA) is 54.2 Å². The maximum Gasteiger partial charge on any atom is 0.145 e. The van der Waals surface area contributed by atoms with Crippen molar-refractivity contribution in [2.75, 3.05) is 18.5 Å². The van der Waals surface area contributed by atoms with E-state index in [1.807, 2.05) is 12.1 Å². The van der Waals surface area contributed by atoms with Crippen molar-refractivity contribution in [2.45, 2.75) is 32.7 Å². The molecule has 0 aliphatic carbocycles. The summed E-state index contributed by atoms with van der Waals surface area (Å²) in [6, 6.07) is 10.4. The molecule has 0 spiro atoms. The minimum absolute atomic E-state index is 0.797. The number of fused-ring (bicyclic) bond motifs is 1. The summed E-state index contributed by atoms with van der Waals surface area (Å²) in [6.07, 6.45) is 3.91. The summed E-state index contributed by atoms with van der Waals surface area (Å²) in [4.78, 5) is 7.16. The molecule has 2 heterocycles. The smallest absolute Gasteiger partial charge is 0.145 e. The van der Waals surface area contributed by atoms with E-state index >= 15 is 0 Å². The third-order valence-corrected chi connectivity index (χ3v) is 4.44. The molecule has 1 fully saturated rings. The molecule has 112 valence electrons. The highest BCUT2D eigenvalue weighted by Gasteiger charge is 2.16. The fourth-order valence-electron chi connectivity index (χ4n) is 3.13. The van der Waals surface area contributed by atoms with Crippen LogP contribution < -0.4 is 11.3 Å². The maximum absolute atomic E-state index is 5.67. The lowest BCUT2D eigenvalue weighted by molar-refractivity contribution is 0.274. The number of benzene rings is 1. The number of nitrogen functional groups attached to an aromatic ring is 1. The quantitative estimate of drug-likeness (QED) is 0.671. The summed E-state index contributed by atoms with van der Waals surface area (Å²) < 4.78 is 0. The molecule has 1 aliphatic heterocycles. The Labute approximate surface area is 126 Å². The molecule has 0 bridgehead atoms. The second kappa shape index (κ2) is 6.41. The van der Waals surface area contributed by atoms with Gasteiger partial charge in [0, 0.05) is 17.5 Å². The van der Waals surface area contributed by atoms with Crippen LogP contribution in [-0.2, 0) is 6.54 Å². The largest absolute Gasteiger partial charge is 0.308 e. The SMILES string of the molecule is CC1CCCN(Cc2cc3ccccc3nc2NN)CC1. The van der Waals surface area contributed by atoms with Gasteiger partial charge in [0.15, 0.2) is 0 Å². The van der Waals surface area contributed by atoms with Crippen LogP contribution in [0.4, 0.5) is 5.82 Å². The van der Waals surface area contributed by atoms with Crippen LogP contribution in [0.1, 0.15) is 31.7 Å². The molecule has 1 saturated heterocycles. The molecule has 1 atom stereocenters. The third kappa shape index (κ3) is 3.34. The molecule has 1 aromatic heterocycles. The summed E-state index contributed by atoms with van der Waals surface area (Å²) in [5.74, 6) is 7.31. The standard InChI is InChI=1S/C17H24N4/c1-13-5-4-9-21(10-8-13)12-15-11-14-6-2-3-7-16(14)19-17(15)20-18/h2-3,6-7,11,13H,4-5,8-10,12,18H2,1H3,(H,19,20). The van der Waals surface area contributed by atoms with E-state index in [0.717, 1.165) is 30.3 Å². The molecule has 4 nitrogen and oxygen atoms in total. The molecule has 1 unspecified atom stereocenters. The van der Waals surface area contributed by atoms with Crippen LogP contribution in [0.2, 0.25) is 0 Å². The first-order valence-electron chi connectivity index (χ1n) is 7.84. The van der Waals surface area contributed by atoms with Crippen molar-refractivity contribution >= 4 is 16.7 Å². The minimum Gasteiger partial charge on any atom is -0.308 e. The van der Waals surface area contributed by atoms with Crippen LogP contribution in [0.3, 0.4) is 0 Å². The first kappa shape index (κ1) is 14.3. The lowest BCUT2D eigenvalue weighted by Crippen LogP contribution is -2.25. The van der Waals surface area contributed by atoms with Gasteiger partial charge in [-0.25, -0.2) is 10.8 Å². The third-order valence-electron chi connectivity index (χ3n) is 4.44. The lowest BCUT2D eigenvalue weighted by Gasteiger charge is -2.21. The van der Waals surface area contributed by atoms with Crippen LogP contribution in [-0.4, -0.2) is 23.0 Å². The summed E-state index contributed by atoms with van der Waals surface area (Å²) in [5, 5.41) is 1.18. The number of pyridine rings is 1. The van der Waals surface area contributed by atoms with Gasteiger partial charge in [-0.3, -0.25) is 4.90 Å². The Morgan fingerprint density at radius 3 is 3.00 bits per heavy atom. The molecular formula is C17H24N4. The van der Waals surface area contributed by atoms with E-state index in [1.54, 1.807) is 0 Å². The van der Waals surface area contributed by atoms with E-state index in [4.69, 9.17) is 5.84 Å². The van der Waals surface area contributed by atoms with Gasteiger partial charge in [0.05, 0.1) is 5.52 Å². The number of nitrogens with one attached hydrogen (secondary N) is 1. The average Bonchev–Trinajstić information content (AvgIpc) is 2.71. The fourth-order valence-corrected chi connectivity index (χ4v) is 3.13. The monoisotopic (exact) mass is 284 g/mol. The number of para-hydroxylation sites is 1. The van der Waals surface area contributed by atoms with E-state index in [9.17, 15) is 0 Å². The number of hydrogen-bond acceptors (Lipinski definition) is 4. The van der Waals surface area contributed by atoms with E-state index in [2.05, 4.69) is 40.4 Å². The molecule has 0 radical (unpaired) electrons. The highest BCUT2D eigenvalue weighted by Crippen LogP contribution is 2.23. The molecule has 21 heavy (non-hydrogen) atoms. The molecule has 2 aromatic rings. The Hall–Kier alpha value is -1.65. The van der Waals surface area contributed by atoms with Crippen molar-refractivity contribution in [2.24, 2.45) is 11.8 Å². The summed E-state index contributed by atoms with van der Waals surface area (Å²) >= 11 is 0. The fraction of sp³-hybridized carbons (Fsp3) is 0.471.